The lowest BCUT2D eigenvalue weighted by Gasteiger charge is -2.20. The molecular formula is C20H30N4O. The summed E-state index contributed by atoms with van der Waals surface area (Å²) in [6, 6.07) is 7.75. The summed E-state index contributed by atoms with van der Waals surface area (Å²) in [5.74, 6) is 0.839. The van der Waals surface area contributed by atoms with Crippen molar-refractivity contribution in [2.45, 2.75) is 33.2 Å². The molecule has 1 heterocycles. The highest BCUT2D eigenvalue weighted by molar-refractivity contribution is 5.97. The molecule has 1 aromatic rings. The van der Waals surface area contributed by atoms with E-state index in [1.54, 1.807) is 0 Å². The minimum atomic E-state index is -0.0338. The molecular weight excluding hydrogens is 312 g/mol. The minimum Gasteiger partial charge on any atom is -0.364 e. The molecule has 0 aromatic heterocycles. The Morgan fingerprint density at radius 2 is 2.00 bits per heavy atom. The first-order valence-electron chi connectivity index (χ1n) is 9.22. The Morgan fingerprint density at radius 1 is 1.24 bits per heavy atom. The second kappa shape index (κ2) is 9.99. The van der Waals surface area contributed by atoms with Gasteiger partial charge in [0.15, 0.2) is 0 Å². The molecule has 0 radical (unpaired) electrons. The molecule has 0 fully saturated rings. The van der Waals surface area contributed by atoms with Gasteiger partial charge in [0.1, 0.15) is 5.84 Å². The summed E-state index contributed by atoms with van der Waals surface area (Å²) in [5.41, 5.74) is 1.71. The first-order chi connectivity index (χ1) is 12.2. The van der Waals surface area contributed by atoms with Crippen LogP contribution in [0.5, 0.6) is 0 Å². The number of benzene rings is 1. The highest BCUT2D eigenvalue weighted by Gasteiger charge is 2.16. The number of aliphatic imine (C=N–C) groups is 1. The van der Waals surface area contributed by atoms with Crippen LogP contribution >= 0.6 is 0 Å². The van der Waals surface area contributed by atoms with E-state index >= 15 is 0 Å². The highest BCUT2D eigenvalue weighted by Crippen LogP contribution is 2.18. The van der Waals surface area contributed by atoms with Gasteiger partial charge in [-0.3, -0.25) is 9.79 Å². The van der Waals surface area contributed by atoms with Crippen LogP contribution in [-0.4, -0.2) is 49.4 Å². The van der Waals surface area contributed by atoms with Crippen LogP contribution in [0.4, 0.5) is 0 Å². The molecule has 1 aliphatic heterocycles. The third kappa shape index (κ3) is 5.71. The van der Waals surface area contributed by atoms with Gasteiger partial charge in [0, 0.05) is 18.7 Å². The van der Waals surface area contributed by atoms with Crippen molar-refractivity contribution in [2.24, 2.45) is 4.99 Å². The monoisotopic (exact) mass is 342 g/mol. The molecule has 25 heavy (non-hydrogen) atoms. The second-order valence-electron chi connectivity index (χ2n) is 6.21. The molecule has 1 aliphatic rings. The molecule has 1 unspecified atom stereocenters. The lowest BCUT2D eigenvalue weighted by Crippen LogP contribution is -2.31. The number of amides is 1. The standard InChI is InChI=1S/C20H30N4O/c1-4-24(5-2)15-9-14-21-19-12-8-13-22-20(25)18-11-7-6-10-17(18)16(3)23-19/h6-8,10-12,16H,4-5,9,13-15H2,1-3H3,(H,21,23)(H,22,25)/b12-8-. The Balaban J connectivity index is 2.06. The van der Waals surface area contributed by atoms with Crippen LogP contribution in [0.2, 0.25) is 0 Å². The van der Waals surface area contributed by atoms with Crippen LogP contribution in [0, 0.1) is 0 Å². The minimum absolute atomic E-state index is 0.0197. The van der Waals surface area contributed by atoms with Gasteiger partial charge in [-0.1, -0.05) is 38.1 Å². The van der Waals surface area contributed by atoms with Crippen LogP contribution in [0.1, 0.15) is 49.2 Å². The molecule has 2 rings (SSSR count). The van der Waals surface area contributed by atoms with Gasteiger partial charge >= 0.3 is 0 Å². The topological polar surface area (TPSA) is 56.7 Å². The summed E-state index contributed by atoms with van der Waals surface area (Å²) in [4.78, 5) is 19.4. The Kier molecular flexibility index (Phi) is 7.67. The first kappa shape index (κ1) is 19.2. The Morgan fingerprint density at radius 3 is 2.76 bits per heavy atom. The molecule has 1 atom stereocenters. The zero-order chi connectivity index (χ0) is 18.1. The zero-order valence-corrected chi connectivity index (χ0v) is 15.6. The summed E-state index contributed by atoms with van der Waals surface area (Å²) in [6.45, 7) is 11.0. The fraction of sp³-hybridized carbons (Fsp3) is 0.500. The Bertz CT molecular complexity index is 620. The molecule has 136 valence electrons. The van der Waals surface area contributed by atoms with Crippen molar-refractivity contribution in [1.82, 2.24) is 15.5 Å². The third-order valence-corrected chi connectivity index (χ3v) is 4.50. The fourth-order valence-corrected chi connectivity index (χ4v) is 2.98. The molecule has 5 nitrogen and oxygen atoms in total. The molecule has 1 aromatic carbocycles. The summed E-state index contributed by atoms with van der Waals surface area (Å²) < 4.78 is 0. The molecule has 0 saturated carbocycles. The second-order valence-corrected chi connectivity index (χ2v) is 6.21. The van der Waals surface area contributed by atoms with Crippen molar-refractivity contribution in [3.05, 3.63) is 47.5 Å². The van der Waals surface area contributed by atoms with E-state index in [2.05, 4.69) is 36.3 Å². The van der Waals surface area contributed by atoms with E-state index in [0.717, 1.165) is 49.6 Å². The van der Waals surface area contributed by atoms with Crippen molar-refractivity contribution < 1.29 is 4.79 Å². The van der Waals surface area contributed by atoms with Crippen molar-refractivity contribution in [1.29, 1.82) is 0 Å². The quantitative estimate of drug-likeness (QED) is 0.782. The van der Waals surface area contributed by atoms with Crippen LogP contribution in [0.15, 0.2) is 41.4 Å². The molecule has 5 heteroatoms. The average molecular weight is 342 g/mol. The van der Waals surface area contributed by atoms with E-state index in [1.165, 1.54) is 0 Å². The average Bonchev–Trinajstić information content (AvgIpc) is 2.64. The predicted octanol–water partition coefficient (Wildman–Crippen LogP) is 2.77. The molecule has 0 saturated heterocycles. The maximum atomic E-state index is 12.3. The fourth-order valence-electron chi connectivity index (χ4n) is 2.98. The van der Waals surface area contributed by atoms with Gasteiger partial charge in [-0.05, 0) is 50.7 Å². The number of rotatable bonds is 6. The number of hydrogen-bond acceptors (Lipinski definition) is 3. The number of hydrogen-bond donors (Lipinski definition) is 2. The van der Waals surface area contributed by atoms with Crippen LogP contribution in [0.3, 0.4) is 0 Å². The van der Waals surface area contributed by atoms with Gasteiger partial charge in [0.05, 0.1) is 6.04 Å². The number of fused-ring (bicyclic) bond motifs is 1. The summed E-state index contributed by atoms with van der Waals surface area (Å²) in [5, 5.41) is 6.38. The lowest BCUT2D eigenvalue weighted by molar-refractivity contribution is 0.0956. The van der Waals surface area contributed by atoms with E-state index in [-0.39, 0.29) is 11.9 Å². The number of amidine groups is 1. The number of carbonyl (C=O) groups is 1. The van der Waals surface area contributed by atoms with Gasteiger partial charge in [0.2, 0.25) is 0 Å². The van der Waals surface area contributed by atoms with E-state index in [1.807, 2.05) is 36.4 Å². The van der Waals surface area contributed by atoms with E-state index in [4.69, 9.17) is 4.99 Å². The maximum absolute atomic E-state index is 12.3. The SMILES string of the molecule is CCN(CC)CCCN=C1/C=C\CNC(=O)c2ccccc2C(C)N1. The summed E-state index contributed by atoms with van der Waals surface area (Å²) in [7, 11) is 0. The van der Waals surface area contributed by atoms with Gasteiger partial charge < -0.3 is 15.5 Å². The lowest BCUT2D eigenvalue weighted by atomic mass is 10.0. The molecule has 1 amide bonds. The van der Waals surface area contributed by atoms with Gasteiger partial charge in [-0.25, -0.2) is 0 Å². The van der Waals surface area contributed by atoms with E-state index in [9.17, 15) is 4.79 Å². The molecule has 2 N–H and O–H groups in total. The van der Waals surface area contributed by atoms with Crippen molar-refractivity contribution >= 4 is 11.7 Å². The maximum Gasteiger partial charge on any atom is 0.251 e. The van der Waals surface area contributed by atoms with Crippen LogP contribution in [-0.2, 0) is 0 Å². The van der Waals surface area contributed by atoms with E-state index < -0.39 is 0 Å². The first-order valence-corrected chi connectivity index (χ1v) is 9.22. The van der Waals surface area contributed by atoms with E-state index in [0.29, 0.717) is 6.54 Å². The molecule has 0 spiro atoms. The van der Waals surface area contributed by atoms with Gasteiger partial charge in [-0.15, -0.1) is 0 Å². The van der Waals surface area contributed by atoms with Crippen LogP contribution < -0.4 is 10.6 Å². The number of nitrogens with zero attached hydrogens (tertiary/aromatic N) is 2. The third-order valence-electron chi connectivity index (χ3n) is 4.50. The Labute approximate surface area is 151 Å². The Hall–Kier alpha value is -2.14. The number of carbonyl (C=O) groups excluding carboxylic acids is 1. The van der Waals surface area contributed by atoms with Crippen molar-refractivity contribution in [2.75, 3.05) is 32.7 Å². The normalized spacial score (nSPS) is 20.7. The summed E-state index contributed by atoms with van der Waals surface area (Å²) in [6.07, 6.45) is 4.94. The molecule has 0 aliphatic carbocycles. The predicted molar refractivity (Wildman–Crippen MR) is 104 cm³/mol. The largest absolute Gasteiger partial charge is 0.364 e. The van der Waals surface area contributed by atoms with Crippen molar-refractivity contribution in [3.63, 3.8) is 0 Å². The van der Waals surface area contributed by atoms with Gasteiger partial charge in [0.25, 0.3) is 5.91 Å². The highest BCUT2D eigenvalue weighted by atomic mass is 16.1. The summed E-state index contributed by atoms with van der Waals surface area (Å²) >= 11 is 0. The molecule has 0 bridgehead atoms. The van der Waals surface area contributed by atoms with Crippen molar-refractivity contribution in [3.8, 4) is 0 Å². The number of nitrogens with one attached hydrogen (secondary N) is 2. The zero-order valence-electron chi connectivity index (χ0n) is 15.6. The van der Waals surface area contributed by atoms with Gasteiger partial charge in [-0.2, -0.15) is 0 Å². The van der Waals surface area contributed by atoms with Crippen LogP contribution in [0.25, 0.3) is 0 Å². The smallest absolute Gasteiger partial charge is 0.251 e.